The summed E-state index contributed by atoms with van der Waals surface area (Å²) in [4.78, 5) is 12.7. The molecule has 0 fully saturated rings. The fraction of sp³-hybridized carbons (Fsp3) is 0.316. The number of hydrogen-bond acceptors (Lipinski definition) is 5. The Bertz CT molecular complexity index is 1030. The van der Waals surface area contributed by atoms with Gasteiger partial charge in [0.25, 0.3) is 0 Å². The molecular weight excluding hydrogens is 425 g/mol. The van der Waals surface area contributed by atoms with Crippen molar-refractivity contribution in [1.82, 2.24) is 0 Å². The van der Waals surface area contributed by atoms with Crippen molar-refractivity contribution in [1.29, 1.82) is 0 Å². The number of halogens is 3. The van der Waals surface area contributed by atoms with Gasteiger partial charge in [0.15, 0.2) is 11.5 Å². The van der Waals surface area contributed by atoms with Crippen molar-refractivity contribution in [2.24, 2.45) is 0 Å². The number of nitrogens with zero attached hydrogens (tertiary/aromatic N) is 1. The fourth-order valence-corrected chi connectivity index (χ4v) is 3.96. The van der Waals surface area contributed by atoms with Gasteiger partial charge >= 0.3 is 6.18 Å². The number of amides is 1. The van der Waals surface area contributed by atoms with Crippen LogP contribution in [0.1, 0.15) is 12.5 Å². The molecule has 0 radical (unpaired) electrons. The van der Waals surface area contributed by atoms with Crippen molar-refractivity contribution >= 4 is 27.3 Å². The van der Waals surface area contributed by atoms with Gasteiger partial charge in [0.05, 0.1) is 31.7 Å². The lowest BCUT2D eigenvalue weighted by Gasteiger charge is -2.28. The highest BCUT2D eigenvalue weighted by atomic mass is 32.2. The molecule has 0 aliphatic heterocycles. The Labute approximate surface area is 172 Å². The number of alkyl halides is 3. The van der Waals surface area contributed by atoms with Gasteiger partial charge < -0.3 is 14.8 Å². The Hall–Kier alpha value is -2.95. The van der Waals surface area contributed by atoms with E-state index in [1.165, 1.54) is 39.3 Å². The molecule has 0 spiro atoms. The molecule has 2 rings (SSSR count). The number of carbonyl (C=O) groups excluding carboxylic acids is 1. The fourth-order valence-electron chi connectivity index (χ4n) is 2.79. The lowest BCUT2D eigenvalue weighted by molar-refractivity contribution is -0.137. The number of methoxy groups -OCH3 is 2. The summed E-state index contributed by atoms with van der Waals surface area (Å²) in [7, 11) is -1.23. The van der Waals surface area contributed by atoms with Crippen LogP contribution in [0.3, 0.4) is 0 Å². The van der Waals surface area contributed by atoms with E-state index < -0.39 is 33.7 Å². The van der Waals surface area contributed by atoms with Crippen molar-refractivity contribution in [3.8, 4) is 11.5 Å². The van der Waals surface area contributed by atoms with Crippen LogP contribution in [0.5, 0.6) is 11.5 Å². The summed E-state index contributed by atoms with van der Waals surface area (Å²) in [6.07, 6.45) is -3.85. The zero-order valence-corrected chi connectivity index (χ0v) is 17.5. The Morgan fingerprint density at radius 1 is 1.07 bits per heavy atom. The number of anilines is 2. The van der Waals surface area contributed by atoms with Crippen LogP contribution >= 0.6 is 0 Å². The SMILES string of the molecule is COc1ccc(NC(=O)C(C)N(c2cccc(C(F)(F)F)c2)S(C)(=O)=O)cc1OC. The first kappa shape index (κ1) is 23.3. The molecule has 2 aromatic carbocycles. The van der Waals surface area contributed by atoms with Crippen molar-refractivity contribution in [2.45, 2.75) is 19.1 Å². The minimum absolute atomic E-state index is 0.276. The zero-order chi connectivity index (χ0) is 22.7. The highest BCUT2D eigenvalue weighted by molar-refractivity contribution is 7.92. The smallest absolute Gasteiger partial charge is 0.416 e. The van der Waals surface area contributed by atoms with Crippen molar-refractivity contribution in [3.63, 3.8) is 0 Å². The third-order valence-electron chi connectivity index (χ3n) is 4.17. The van der Waals surface area contributed by atoms with Gasteiger partial charge in [-0.1, -0.05) is 6.07 Å². The summed E-state index contributed by atoms with van der Waals surface area (Å²) in [5, 5.41) is 2.53. The van der Waals surface area contributed by atoms with Crippen molar-refractivity contribution < 1.29 is 35.9 Å². The molecule has 1 amide bonds. The number of nitrogens with one attached hydrogen (secondary N) is 1. The molecule has 11 heteroatoms. The Kier molecular flexibility index (Phi) is 6.86. The predicted octanol–water partition coefficient (Wildman–Crippen LogP) is 3.52. The summed E-state index contributed by atoms with van der Waals surface area (Å²) in [5.74, 6) is 0.0103. The quantitative estimate of drug-likeness (QED) is 0.704. The lowest BCUT2D eigenvalue weighted by atomic mass is 10.1. The zero-order valence-electron chi connectivity index (χ0n) is 16.6. The van der Waals surface area contributed by atoms with Crippen LogP contribution in [0.15, 0.2) is 42.5 Å². The van der Waals surface area contributed by atoms with E-state index in [0.717, 1.165) is 18.4 Å². The first-order valence-corrected chi connectivity index (χ1v) is 10.4. The number of rotatable bonds is 7. The maximum absolute atomic E-state index is 13.0. The Balaban J connectivity index is 2.37. The van der Waals surface area contributed by atoms with Crippen LogP contribution < -0.4 is 19.1 Å². The van der Waals surface area contributed by atoms with E-state index in [1.54, 1.807) is 6.07 Å². The topological polar surface area (TPSA) is 84.9 Å². The summed E-state index contributed by atoms with van der Waals surface area (Å²) in [6, 6.07) is 6.96. The van der Waals surface area contributed by atoms with Gasteiger partial charge in [0.2, 0.25) is 15.9 Å². The largest absolute Gasteiger partial charge is 0.493 e. The van der Waals surface area contributed by atoms with Crippen LogP contribution in [0.2, 0.25) is 0 Å². The summed E-state index contributed by atoms with van der Waals surface area (Å²) in [5.41, 5.74) is -1.01. The standard InChI is InChI=1S/C19H21F3N2O5S/c1-12(18(25)23-14-8-9-16(28-2)17(11-14)29-3)24(30(4,26)27)15-7-5-6-13(10-15)19(20,21)22/h5-12H,1-4H3,(H,23,25). The van der Waals surface area contributed by atoms with Crippen molar-refractivity contribution in [2.75, 3.05) is 30.1 Å². The number of hydrogen-bond donors (Lipinski definition) is 1. The van der Waals surface area contributed by atoms with Gasteiger partial charge in [-0.05, 0) is 37.3 Å². The van der Waals surface area contributed by atoms with Gasteiger partial charge in [-0.3, -0.25) is 9.10 Å². The van der Waals surface area contributed by atoms with Crippen LogP contribution in [0.25, 0.3) is 0 Å². The highest BCUT2D eigenvalue weighted by Crippen LogP contribution is 2.33. The maximum Gasteiger partial charge on any atom is 0.416 e. The highest BCUT2D eigenvalue weighted by Gasteiger charge is 2.34. The molecule has 0 aromatic heterocycles. The van der Waals surface area contributed by atoms with Crippen LogP contribution in [-0.2, 0) is 21.0 Å². The molecule has 7 nitrogen and oxygen atoms in total. The second-order valence-electron chi connectivity index (χ2n) is 6.34. The Morgan fingerprint density at radius 3 is 2.23 bits per heavy atom. The molecule has 0 saturated carbocycles. The first-order valence-electron chi connectivity index (χ1n) is 8.58. The predicted molar refractivity (Wildman–Crippen MR) is 106 cm³/mol. The van der Waals surface area contributed by atoms with Crippen molar-refractivity contribution in [3.05, 3.63) is 48.0 Å². The van der Waals surface area contributed by atoms with E-state index >= 15 is 0 Å². The number of carbonyl (C=O) groups is 1. The molecular formula is C19H21F3N2O5S. The summed E-state index contributed by atoms with van der Waals surface area (Å²) < 4.78 is 74.6. The molecule has 2 aromatic rings. The number of benzene rings is 2. The molecule has 1 N–H and O–H groups in total. The molecule has 30 heavy (non-hydrogen) atoms. The average Bonchev–Trinajstić information content (AvgIpc) is 2.66. The second-order valence-corrected chi connectivity index (χ2v) is 8.20. The monoisotopic (exact) mass is 446 g/mol. The van der Waals surface area contributed by atoms with E-state index in [9.17, 15) is 26.4 Å². The summed E-state index contributed by atoms with van der Waals surface area (Å²) in [6.45, 7) is 1.28. The van der Waals surface area contributed by atoms with E-state index in [0.29, 0.717) is 27.6 Å². The van der Waals surface area contributed by atoms with Gasteiger partial charge in [0, 0.05) is 11.8 Å². The second kappa shape index (κ2) is 8.82. The number of sulfonamides is 1. The average molecular weight is 446 g/mol. The molecule has 0 saturated heterocycles. The third-order valence-corrected chi connectivity index (χ3v) is 5.41. The minimum atomic E-state index is -4.66. The van der Waals surface area contributed by atoms with E-state index in [4.69, 9.17) is 9.47 Å². The lowest BCUT2D eigenvalue weighted by Crippen LogP contribution is -2.45. The van der Waals surface area contributed by atoms with E-state index in [2.05, 4.69) is 5.32 Å². The molecule has 164 valence electrons. The molecule has 0 heterocycles. The molecule has 1 atom stereocenters. The normalized spacial score (nSPS) is 12.8. The van der Waals surface area contributed by atoms with Crippen LogP contribution in [-0.4, -0.2) is 40.8 Å². The minimum Gasteiger partial charge on any atom is -0.493 e. The van der Waals surface area contributed by atoms with Gasteiger partial charge in [-0.25, -0.2) is 8.42 Å². The van der Waals surface area contributed by atoms with E-state index in [-0.39, 0.29) is 5.69 Å². The molecule has 1 unspecified atom stereocenters. The molecule has 0 aliphatic carbocycles. The summed E-state index contributed by atoms with van der Waals surface area (Å²) >= 11 is 0. The van der Waals surface area contributed by atoms with E-state index in [1.807, 2.05) is 0 Å². The molecule has 0 bridgehead atoms. The third kappa shape index (κ3) is 5.35. The van der Waals surface area contributed by atoms with Gasteiger partial charge in [-0.15, -0.1) is 0 Å². The van der Waals surface area contributed by atoms with Gasteiger partial charge in [0.1, 0.15) is 6.04 Å². The first-order chi connectivity index (χ1) is 13.9. The number of ether oxygens (including phenoxy) is 2. The van der Waals surface area contributed by atoms with Crippen LogP contribution in [0.4, 0.5) is 24.5 Å². The Morgan fingerprint density at radius 2 is 1.70 bits per heavy atom. The maximum atomic E-state index is 13.0. The van der Waals surface area contributed by atoms with Gasteiger partial charge in [-0.2, -0.15) is 13.2 Å². The molecule has 0 aliphatic rings. The van der Waals surface area contributed by atoms with Crippen LogP contribution in [0, 0.1) is 0 Å².